The number of aliphatic hydroxyl groups excluding tert-OH is 2. The van der Waals surface area contributed by atoms with Crippen LogP contribution in [0.5, 0.6) is 0 Å². The van der Waals surface area contributed by atoms with Gasteiger partial charge in [0.1, 0.15) is 5.82 Å². The topological polar surface area (TPSA) is 43.7 Å². The van der Waals surface area contributed by atoms with Gasteiger partial charge in [-0.2, -0.15) is 0 Å². The molecular formula is C14H20FNO2. The maximum absolute atomic E-state index is 14.0. The summed E-state index contributed by atoms with van der Waals surface area (Å²) in [5.41, 5.74) is 1.20. The predicted octanol–water partition coefficient (Wildman–Crippen LogP) is 2.09. The second-order valence-corrected chi connectivity index (χ2v) is 5.00. The van der Waals surface area contributed by atoms with Gasteiger partial charge < -0.3 is 15.1 Å². The van der Waals surface area contributed by atoms with Crippen molar-refractivity contribution in [3.05, 3.63) is 29.6 Å². The number of aliphatic hydroxyl groups is 2. The second kappa shape index (κ2) is 5.67. The number of hydrogen-bond acceptors (Lipinski definition) is 3. The van der Waals surface area contributed by atoms with Crippen LogP contribution in [0.2, 0.25) is 0 Å². The first-order valence-corrected chi connectivity index (χ1v) is 6.45. The van der Waals surface area contributed by atoms with Crippen molar-refractivity contribution >= 4 is 5.69 Å². The number of rotatable bonds is 4. The van der Waals surface area contributed by atoms with E-state index in [9.17, 15) is 9.50 Å². The number of anilines is 1. The summed E-state index contributed by atoms with van der Waals surface area (Å²) in [6.07, 6.45) is 1.14. The molecule has 4 heteroatoms. The molecule has 1 aromatic rings. The third-order valence-electron chi connectivity index (χ3n) is 3.62. The lowest BCUT2D eigenvalue weighted by Gasteiger charge is -2.20. The molecule has 2 N–H and O–H groups in total. The third kappa shape index (κ3) is 2.82. The average molecular weight is 253 g/mol. The van der Waals surface area contributed by atoms with Crippen LogP contribution < -0.4 is 4.90 Å². The molecule has 100 valence electrons. The Kier molecular flexibility index (Phi) is 4.19. The highest BCUT2D eigenvalue weighted by Gasteiger charge is 2.24. The van der Waals surface area contributed by atoms with Crippen LogP contribution in [0.15, 0.2) is 18.2 Å². The second-order valence-electron chi connectivity index (χ2n) is 5.00. The maximum atomic E-state index is 14.0. The van der Waals surface area contributed by atoms with E-state index >= 15 is 0 Å². The molecule has 2 atom stereocenters. The molecule has 0 aliphatic carbocycles. The lowest BCUT2D eigenvalue weighted by Crippen LogP contribution is -2.21. The van der Waals surface area contributed by atoms with Crippen LogP contribution in [0, 0.1) is 11.7 Å². The van der Waals surface area contributed by atoms with Gasteiger partial charge in [-0.3, -0.25) is 0 Å². The Morgan fingerprint density at radius 2 is 2.28 bits per heavy atom. The zero-order valence-electron chi connectivity index (χ0n) is 10.6. The molecule has 1 aliphatic rings. The van der Waals surface area contributed by atoms with E-state index in [1.165, 1.54) is 6.07 Å². The van der Waals surface area contributed by atoms with Crippen molar-refractivity contribution < 1.29 is 14.6 Å². The van der Waals surface area contributed by atoms with E-state index in [-0.39, 0.29) is 12.4 Å². The van der Waals surface area contributed by atoms with Gasteiger partial charge in [0, 0.05) is 19.7 Å². The van der Waals surface area contributed by atoms with E-state index in [0.717, 1.165) is 25.9 Å². The lowest BCUT2D eigenvalue weighted by atomic mass is 10.1. The third-order valence-corrected chi connectivity index (χ3v) is 3.62. The zero-order chi connectivity index (χ0) is 13.1. The van der Waals surface area contributed by atoms with Crippen LogP contribution in [0.25, 0.3) is 0 Å². The zero-order valence-corrected chi connectivity index (χ0v) is 10.6. The quantitative estimate of drug-likeness (QED) is 0.863. The fraction of sp³-hybridized carbons (Fsp3) is 0.571. The van der Waals surface area contributed by atoms with Gasteiger partial charge in [-0.05, 0) is 43.4 Å². The van der Waals surface area contributed by atoms with Crippen molar-refractivity contribution in [3.8, 4) is 0 Å². The van der Waals surface area contributed by atoms with Gasteiger partial charge in [-0.25, -0.2) is 4.39 Å². The minimum atomic E-state index is -0.644. The van der Waals surface area contributed by atoms with Crippen LogP contribution in [0.3, 0.4) is 0 Å². The Morgan fingerprint density at radius 1 is 1.50 bits per heavy atom. The summed E-state index contributed by atoms with van der Waals surface area (Å²) in [7, 11) is 0. The van der Waals surface area contributed by atoms with Gasteiger partial charge in [0.05, 0.1) is 11.8 Å². The first kappa shape index (κ1) is 13.3. The van der Waals surface area contributed by atoms with Gasteiger partial charge in [0.25, 0.3) is 0 Å². The van der Waals surface area contributed by atoms with Gasteiger partial charge >= 0.3 is 0 Å². The summed E-state index contributed by atoms with van der Waals surface area (Å²) in [6, 6.07) is 4.90. The number of hydrogen-bond donors (Lipinski definition) is 2. The summed E-state index contributed by atoms with van der Waals surface area (Å²) in [5.74, 6) is 0.170. The Balaban J connectivity index is 2.10. The Labute approximate surface area is 107 Å². The Morgan fingerprint density at radius 3 is 2.89 bits per heavy atom. The highest BCUT2D eigenvalue weighted by molar-refractivity contribution is 5.50. The molecule has 18 heavy (non-hydrogen) atoms. The number of benzene rings is 1. The molecule has 0 amide bonds. The van der Waals surface area contributed by atoms with E-state index in [1.807, 2.05) is 4.90 Å². The number of nitrogens with zero attached hydrogens (tertiary/aromatic N) is 1. The summed E-state index contributed by atoms with van der Waals surface area (Å²) >= 11 is 0. The van der Waals surface area contributed by atoms with E-state index < -0.39 is 6.10 Å². The van der Waals surface area contributed by atoms with E-state index in [1.54, 1.807) is 19.1 Å². The van der Waals surface area contributed by atoms with Crippen LogP contribution in [-0.4, -0.2) is 29.9 Å². The largest absolute Gasteiger partial charge is 0.396 e. The molecule has 1 aliphatic heterocycles. The van der Waals surface area contributed by atoms with Gasteiger partial charge in [-0.1, -0.05) is 6.07 Å². The van der Waals surface area contributed by atoms with E-state index in [4.69, 9.17) is 5.11 Å². The standard InChI is InChI=1S/C14H20FNO2/c1-10(18)12-2-3-14(13(15)8-12)16-6-4-11(9-16)5-7-17/h2-3,8,10-11,17-18H,4-7,9H2,1H3/t10-,11?/m1/s1. The maximum Gasteiger partial charge on any atom is 0.146 e. The average Bonchev–Trinajstić information content (AvgIpc) is 2.77. The van der Waals surface area contributed by atoms with Crippen molar-refractivity contribution in [2.75, 3.05) is 24.6 Å². The summed E-state index contributed by atoms with van der Waals surface area (Å²) < 4.78 is 14.0. The molecule has 1 unspecified atom stereocenters. The fourth-order valence-corrected chi connectivity index (χ4v) is 2.51. The van der Waals surface area contributed by atoms with Gasteiger partial charge in [-0.15, -0.1) is 0 Å². The number of halogens is 1. The molecule has 2 rings (SSSR count). The minimum absolute atomic E-state index is 0.196. The smallest absolute Gasteiger partial charge is 0.146 e. The first-order chi connectivity index (χ1) is 8.61. The monoisotopic (exact) mass is 253 g/mol. The Bertz CT molecular complexity index is 409. The predicted molar refractivity (Wildman–Crippen MR) is 69.1 cm³/mol. The fourth-order valence-electron chi connectivity index (χ4n) is 2.51. The molecule has 0 bridgehead atoms. The van der Waals surface area contributed by atoms with Crippen molar-refractivity contribution in [1.82, 2.24) is 0 Å². The van der Waals surface area contributed by atoms with Crippen LogP contribution in [0.4, 0.5) is 10.1 Å². The molecule has 1 aromatic carbocycles. The highest BCUT2D eigenvalue weighted by Crippen LogP contribution is 2.29. The molecule has 0 saturated carbocycles. The van der Waals surface area contributed by atoms with Gasteiger partial charge in [0.15, 0.2) is 0 Å². The van der Waals surface area contributed by atoms with Crippen molar-refractivity contribution in [2.24, 2.45) is 5.92 Å². The molecule has 0 aromatic heterocycles. The molecule has 0 radical (unpaired) electrons. The van der Waals surface area contributed by atoms with E-state index in [0.29, 0.717) is 17.2 Å². The molecule has 1 saturated heterocycles. The molecule has 3 nitrogen and oxygen atoms in total. The van der Waals surface area contributed by atoms with Crippen molar-refractivity contribution in [1.29, 1.82) is 0 Å². The molecule has 0 spiro atoms. The lowest BCUT2D eigenvalue weighted by molar-refractivity contribution is 0.199. The summed E-state index contributed by atoms with van der Waals surface area (Å²) in [5, 5.41) is 18.3. The van der Waals surface area contributed by atoms with Crippen molar-refractivity contribution in [2.45, 2.75) is 25.9 Å². The summed E-state index contributed by atoms with van der Waals surface area (Å²) in [6.45, 7) is 3.45. The van der Waals surface area contributed by atoms with Crippen LogP contribution in [0.1, 0.15) is 31.4 Å². The van der Waals surface area contributed by atoms with Crippen molar-refractivity contribution in [3.63, 3.8) is 0 Å². The molecular weight excluding hydrogens is 233 g/mol. The normalized spacial score (nSPS) is 21.3. The van der Waals surface area contributed by atoms with E-state index in [2.05, 4.69) is 0 Å². The highest BCUT2D eigenvalue weighted by atomic mass is 19.1. The SMILES string of the molecule is C[C@@H](O)c1ccc(N2CCC(CCO)C2)c(F)c1. The van der Waals surface area contributed by atoms with Crippen LogP contribution in [-0.2, 0) is 0 Å². The van der Waals surface area contributed by atoms with Crippen LogP contribution >= 0.6 is 0 Å². The molecule has 1 fully saturated rings. The minimum Gasteiger partial charge on any atom is -0.396 e. The molecule has 1 heterocycles. The first-order valence-electron chi connectivity index (χ1n) is 6.45. The van der Waals surface area contributed by atoms with Gasteiger partial charge in [0.2, 0.25) is 0 Å². The Hall–Kier alpha value is -1.13. The summed E-state index contributed by atoms with van der Waals surface area (Å²) in [4.78, 5) is 2.02.